The quantitative estimate of drug-likeness (QED) is 0.836. The van der Waals surface area contributed by atoms with Crippen LogP contribution in [0.2, 0.25) is 0 Å². The average Bonchev–Trinajstić information content (AvgIpc) is 2.93. The maximum absolute atomic E-state index is 12.5. The van der Waals surface area contributed by atoms with Crippen LogP contribution < -0.4 is 0 Å². The summed E-state index contributed by atoms with van der Waals surface area (Å²) in [5, 5.41) is 1.32. The fourth-order valence-electron chi connectivity index (χ4n) is 4.99. The van der Waals surface area contributed by atoms with Gasteiger partial charge in [0.25, 0.3) is 0 Å². The lowest BCUT2D eigenvalue weighted by atomic mass is 9.69. The molecule has 1 aromatic carbocycles. The van der Waals surface area contributed by atoms with Gasteiger partial charge in [-0.3, -0.25) is 9.69 Å². The summed E-state index contributed by atoms with van der Waals surface area (Å²) >= 11 is 0. The molecule has 24 heavy (non-hydrogen) atoms. The zero-order valence-corrected chi connectivity index (χ0v) is 15.1. The molecule has 126 valence electrons. The number of hydrogen-bond acceptors (Lipinski definition) is 2. The number of nitrogens with zero attached hydrogens (tertiary/aromatic N) is 2. The van der Waals surface area contributed by atoms with E-state index in [-0.39, 0.29) is 11.2 Å². The van der Waals surface area contributed by atoms with Crippen molar-refractivity contribution < 1.29 is 4.79 Å². The van der Waals surface area contributed by atoms with Crippen molar-refractivity contribution in [2.24, 2.45) is 5.41 Å². The van der Waals surface area contributed by atoms with E-state index >= 15 is 0 Å². The second-order valence-corrected chi connectivity index (χ2v) is 7.38. The molecule has 3 nitrogen and oxygen atoms in total. The Morgan fingerprint density at radius 3 is 2.62 bits per heavy atom. The highest BCUT2D eigenvalue weighted by atomic mass is 16.1. The van der Waals surface area contributed by atoms with Gasteiger partial charge >= 0.3 is 0 Å². The minimum atomic E-state index is 0.0370. The number of benzene rings is 1. The molecule has 0 aliphatic carbocycles. The van der Waals surface area contributed by atoms with Gasteiger partial charge in [-0.15, -0.1) is 0 Å². The smallest absolute Gasteiger partial charge is 0.176 e. The van der Waals surface area contributed by atoms with Gasteiger partial charge in [0.1, 0.15) is 0 Å². The van der Waals surface area contributed by atoms with Crippen molar-refractivity contribution in [3.05, 3.63) is 41.6 Å². The minimum absolute atomic E-state index is 0.0370. The number of Topliss-reactive ketones (excluding diaryl/α,β-unsaturated/α-hetero) is 1. The van der Waals surface area contributed by atoms with Crippen molar-refractivity contribution in [2.45, 2.75) is 46.1 Å². The first-order chi connectivity index (χ1) is 11.5. The summed E-state index contributed by atoms with van der Waals surface area (Å²) in [6.07, 6.45) is 5.45. The topological polar surface area (TPSA) is 25.2 Å². The Kier molecular flexibility index (Phi) is 3.47. The normalized spacial score (nSPS) is 22.3. The van der Waals surface area contributed by atoms with Crippen molar-refractivity contribution in [3.63, 3.8) is 0 Å². The van der Waals surface area contributed by atoms with Gasteiger partial charge in [0.05, 0.1) is 17.3 Å². The molecule has 0 saturated heterocycles. The van der Waals surface area contributed by atoms with Crippen LogP contribution in [-0.4, -0.2) is 28.8 Å². The van der Waals surface area contributed by atoms with Crippen LogP contribution in [0.3, 0.4) is 0 Å². The zero-order chi connectivity index (χ0) is 17.1. The number of fused-ring (bicyclic) bond motifs is 3. The van der Waals surface area contributed by atoms with Crippen LogP contribution in [-0.2, 0) is 11.2 Å². The van der Waals surface area contributed by atoms with E-state index in [0.29, 0.717) is 6.04 Å². The summed E-state index contributed by atoms with van der Waals surface area (Å²) in [5.41, 5.74) is 4.90. The Balaban J connectivity index is 2.14. The number of hydrogen-bond donors (Lipinski definition) is 0. The second-order valence-electron chi connectivity index (χ2n) is 7.38. The largest absolute Gasteiger partial charge is 0.309 e. The van der Waals surface area contributed by atoms with E-state index < -0.39 is 0 Å². The van der Waals surface area contributed by atoms with E-state index in [1.165, 1.54) is 22.2 Å². The Bertz CT molecular complexity index is 854. The highest BCUT2D eigenvalue weighted by Crippen LogP contribution is 2.54. The maximum Gasteiger partial charge on any atom is 0.176 e. The van der Waals surface area contributed by atoms with Crippen molar-refractivity contribution in [2.75, 3.05) is 13.6 Å². The number of allylic oxidation sites excluding steroid dienone is 1. The van der Waals surface area contributed by atoms with E-state index in [9.17, 15) is 4.79 Å². The standard InChI is InChI=1S/C21H26N2O/c1-5-21(6-2)13-18(14(3)24)23-17-10-8-7-9-15(17)16-11-12-22(4)20(21)19(16)23/h7-10,13,20H,5-6,11-12H2,1-4H3/t20-/m1/s1. The molecule has 0 amide bonds. The van der Waals surface area contributed by atoms with Gasteiger partial charge < -0.3 is 4.57 Å². The Labute approximate surface area is 143 Å². The number of rotatable bonds is 3. The third kappa shape index (κ3) is 1.85. The first kappa shape index (κ1) is 15.6. The summed E-state index contributed by atoms with van der Waals surface area (Å²) < 4.78 is 2.26. The summed E-state index contributed by atoms with van der Waals surface area (Å²) in [6.45, 7) is 7.31. The number of para-hydroxylation sites is 1. The van der Waals surface area contributed by atoms with E-state index in [1.807, 2.05) is 0 Å². The van der Waals surface area contributed by atoms with Crippen molar-refractivity contribution in [1.82, 2.24) is 9.47 Å². The predicted molar refractivity (Wildman–Crippen MR) is 99.0 cm³/mol. The van der Waals surface area contributed by atoms with Crippen molar-refractivity contribution in [3.8, 4) is 0 Å². The van der Waals surface area contributed by atoms with E-state index in [2.05, 4.69) is 60.7 Å². The van der Waals surface area contributed by atoms with Crippen LogP contribution >= 0.6 is 0 Å². The minimum Gasteiger partial charge on any atom is -0.309 e. The second kappa shape index (κ2) is 5.32. The molecule has 4 rings (SSSR count). The third-order valence-electron chi connectivity index (χ3n) is 6.32. The fourth-order valence-corrected chi connectivity index (χ4v) is 4.99. The van der Waals surface area contributed by atoms with Crippen LogP contribution in [0.1, 0.15) is 50.9 Å². The molecule has 0 radical (unpaired) electrons. The zero-order valence-electron chi connectivity index (χ0n) is 15.1. The van der Waals surface area contributed by atoms with Gasteiger partial charge in [0.15, 0.2) is 5.78 Å². The van der Waals surface area contributed by atoms with Crippen LogP contribution in [0.15, 0.2) is 30.3 Å². The van der Waals surface area contributed by atoms with Gasteiger partial charge in [-0.2, -0.15) is 0 Å². The van der Waals surface area contributed by atoms with Crippen molar-refractivity contribution in [1.29, 1.82) is 0 Å². The number of carbonyl (C=O) groups is 1. The molecule has 0 fully saturated rings. The number of likely N-dealkylation sites (N-methyl/N-ethyl adjacent to an activating group) is 1. The van der Waals surface area contributed by atoms with E-state index in [1.54, 1.807) is 6.92 Å². The van der Waals surface area contributed by atoms with E-state index in [0.717, 1.165) is 31.5 Å². The first-order valence-corrected chi connectivity index (χ1v) is 9.10. The number of carbonyl (C=O) groups excluding carboxylic acids is 1. The molecular formula is C21H26N2O. The molecular weight excluding hydrogens is 296 g/mol. The molecule has 2 aliphatic heterocycles. The predicted octanol–water partition coefficient (Wildman–Crippen LogP) is 4.42. The van der Waals surface area contributed by atoms with Crippen LogP contribution in [0.5, 0.6) is 0 Å². The summed E-state index contributed by atoms with van der Waals surface area (Å²) in [7, 11) is 2.24. The lowest BCUT2D eigenvalue weighted by molar-refractivity contribution is -0.112. The molecule has 0 spiro atoms. The Morgan fingerprint density at radius 2 is 1.96 bits per heavy atom. The molecule has 0 saturated carbocycles. The number of aromatic nitrogens is 1. The SMILES string of the molecule is CCC1(CC)C=C(C(C)=O)n2c3c(c4ccccc42)CCN(C)[C@H]31. The monoisotopic (exact) mass is 322 g/mol. The van der Waals surface area contributed by atoms with Crippen LogP contribution in [0, 0.1) is 5.41 Å². The molecule has 2 aliphatic rings. The third-order valence-corrected chi connectivity index (χ3v) is 6.32. The average molecular weight is 322 g/mol. The van der Waals surface area contributed by atoms with Gasteiger partial charge in [-0.1, -0.05) is 32.0 Å². The maximum atomic E-state index is 12.5. The molecule has 1 atom stereocenters. The van der Waals surface area contributed by atoms with Gasteiger partial charge in [-0.05, 0) is 44.0 Å². The highest BCUT2D eigenvalue weighted by molar-refractivity contribution is 6.16. The van der Waals surface area contributed by atoms with Crippen LogP contribution in [0.4, 0.5) is 0 Å². The van der Waals surface area contributed by atoms with Gasteiger partial charge in [0, 0.05) is 30.0 Å². The number of ketones is 1. The summed E-state index contributed by atoms with van der Waals surface area (Å²) in [6, 6.07) is 8.92. The van der Waals surface area contributed by atoms with E-state index in [4.69, 9.17) is 0 Å². The molecule has 3 heterocycles. The summed E-state index contributed by atoms with van der Waals surface area (Å²) in [4.78, 5) is 15.0. The van der Waals surface area contributed by atoms with Gasteiger partial charge in [0.2, 0.25) is 0 Å². The lowest BCUT2D eigenvalue weighted by Gasteiger charge is -2.48. The summed E-state index contributed by atoms with van der Waals surface area (Å²) in [5.74, 6) is 0.163. The molecule has 0 unspecified atom stereocenters. The Morgan fingerprint density at radius 1 is 1.25 bits per heavy atom. The first-order valence-electron chi connectivity index (χ1n) is 9.10. The highest BCUT2D eigenvalue weighted by Gasteiger charge is 2.47. The van der Waals surface area contributed by atoms with Crippen molar-refractivity contribution >= 4 is 22.4 Å². The lowest BCUT2D eigenvalue weighted by Crippen LogP contribution is -2.45. The molecule has 3 heteroatoms. The van der Waals surface area contributed by atoms with Gasteiger partial charge in [-0.25, -0.2) is 0 Å². The molecule has 0 N–H and O–H groups in total. The fraction of sp³-hybridized carbons (Fsp3) is 0.476. The molecule has 2 aromatic rings. The molecule has 0 bridgehead atoms. The Hall–Kier alpha value is -1.87. The molecule has 1 aromatic heterocycles. The van der Waals surface area contributed by atoms with Crippen LogP contribution in [0.25, 0.3) is 16.6 Å².